The Balaban J connectivity index is 1.80. The van der Waals surface area contributed by atoms with Crippen LogP contribution in [0.5, 0.6) is 0 Å². The Morgan fingerprint density at radius 2 is 1.84 bits per heavy atom. The maximum absolute atomic E-state index is 11.8. The van der Waals surface area contributed by atoms with Crippen LogP contribution >= 0.6 is 0 Å². The third kappa shape index (κ3) is 4.11. The van der Waals surface area contributed by atoms with Crippen LogP contribution in [0.2, 0.25) is 0 Å². The van der Waals surface area contributed by atoms with Gasteiger partial charge in [0.25, 0.3) is 0 Å². The van der Waals surface area contributed by atoms with Crippen molar-refractivity contribution in [2.45, 2.75) is 0 Å². The van der Waals surface area contributed by atoms with Gasteiger partial charge in [0.1, 0.15) is 6.61 Å². The molecule has 0 amide bonds. The maximum Gasteiger partial charge on any atom is 0.338 e. The Morgan fingerprint density at radius 3 is 2.47 bits per heavy atom. The van der Waals surface area contributed by atoms with Gasteiger partial charge in [-0.25, -0.2) is 4.79 Å². The van der Waals surface area contributed by atoms with E-state index in [0.29, 0.717) is 30.1 Å². The first-order chi connectivity index (χ1) is 9.15. The molecule has 1 aliphatic heterocycles. The number of nitrogens with zero attached hydrogens (tertiary/aromatic N) is 1. The number of esters is 1. The number of rotatable bonds is 4. The fourth-order valence-electron chi connectivity index (χ4n) is 1.97. The molecule has 2 rings (SSSR count). The van der Waals surface area contributed by atoms with Crippen LogP contribution in [0.1, 0.15) is 10.4 Å². The topological polar surface area (TPSA) is 90.8 Å². The zero-order valence-corrected chi connectivity index (χ0v) is 10.8. The number of carbonyl (C=O) groups is 1. The molecule has 0 aliphatic carbocycles. The second-order valence-corrected chi connectivity index (χ2v) is 4.48. The van der Waals surface area contributed by atoms with Crippen LogP contribution in [0, 0.1) is 0 Å². The molecular formula is C13H19N3O3. The van der Waals surface area contributed by atoms with Gasteiger partial charge in [-0.1, -0.05) is 0 Å². The predicted octanol–water partition coefficient (Wildman–Crippen LogP) is 0.340. The zero-order chi connectivity index (χ0) is 13.7. The molecule has 0 spiro atoms. The quantitative estimate of drug-likeness (QED) is 0.602. The van der Waals surface area contributed by atoms with E-state index in [-0.39, 0.29) is 0 Å². The molecule has 1 aromatic rings. The van der Waals surface area contributed by atoms with Crippen molar-refractivity contribution in [1.82, 2.24) is 4.90 Å². The summed E-state index contributed by atoms with van der Waals surface area (Å²) >= 11 is 0. The highest BCUT2D eigenvalue weighted by molar-refractivity contribution is 5.91. The molecule has 0 aromatic heterocycles. The van der Waals surface area contributed by atoms with Crippen molar-refractivity contribution in [2.75, 3.05) is 50.9 Å². The molecule has 0 bridgehead atoms. The van der Waals surface area contributed by atoms with Crippen LogP contribution in [0.15, 0.2) is 18.2 Å². The Labute approximate surface area is 112 Å². The molecule has 104 valence electrons. The van der Waals surface area contributed by atoms with E-state index >= 15 is 0 Å². The lowest BCUT2D eigenvalue weighted by Gasteiger charge is -2.26. The fraction of sp³-hybridized carbons (Fsp3) is 0.462. The zero-order valence-electron chi connectivity index (χ0n) is 10.8. The summed E-state index contributed by atoms with van der Waals surface area (Å²) in [5, 5.41) is 0. The van der Waals surface area contributed by atoms with E-state index in [0.717, 1.165) is 26.3 Å². The first-order valence-electron chi connectivity index (χ1n) is 6.28. The number of hydrogen-bond donors (Lipinski definition) is 2. The molecule has 1 saturated heterocycles. The summed E-state index contributed by atoms with van der Waals surface area (Å²) in [5.41, 5.74) is 12.6. The molecule has 0 radical (unpaired) electrons. The Bertz CT molecular complexity index is 425. The van der Waals surface area contributed by atoms with E-state index in [9.17, 15) is 4.79 Å². The highest BCUT2D eigenvalue weighted by Gasteiger charge is 2.12. The minimum Gasteiger partial charge on any atom is -0.461 e. The molecule has 0 unspecified atom stereocenters. The van der Waals surface area contributed by atoms with Crippen LogP contribution in [0.3, 0.4) is 0 Å². The highest BCUT2D eigenvalue weighted by Crippen LogP contribution is 2.14. The molecule has 1 fully saturated rings. The molecular weight excluding hydrogens is 246 g/mol. The van der Waals surface area contributed by atoms with Crippen molar-refractivity contribution in [3.05, 3.63) is 23.8 Å². The number of ether oxygens (including phenoxy) is 2. The van der Waals surface area contributed by atoms with E-state index in [2.05, 4.69) is 4.90 Å². The predicted molar refractivity (Wildman–Crippen MR) is 72.8 cm³/mol. The number of carbonyl (C=O) groups excluding carboxylic acids is 1. The molecule has 0 atom stereocenters. The summed E-state index contributed by atoms with van der Waals surface area (Å²) in [6.07, 6.45) is 0. The molecule has 1 heterocycles. The fourth-order valence-corrected chi connectivity index (χ4v) is 1.97. The van der Waals surface area contributed by atoms with Crippen LogP contribution in [0.25, 0.3) is 0 Å². The van der Waals surface area contributed by atoms with Crippen LogP contribution in [-0.4, -0.2) is 50.3 Å². The summed E-state index contributed by atoms with van der Waals surface area (Å²) in [4.78, 5) is 14.0. The Morgan fingerprint density at radius 1 is 1.21 bits per heavy atom. The van der Waals surface area contributed by atoms with Gasteiger partial charge in [-0.05, 0) is 18.2 Å². The molecule has 0 saturated carbocycles. The lowest BCUT2D eigenvalue weighted by Crippen LogP contribution is -2.38. The van der Waals surface area contributed by atoms with Crippen molar-refractivity contribution in [3.8, 4) is 0 Å². The Hall–Kier alpha value is -1.79. The number of nitrogen functional groups attached to an aromatic ring is 2. The summed E-state index contributed by atoms with van der Waals surface area (Å²) < 4.78 is 10.5. The van der Waals surface area contributed by atoms with E-state index in [1.54, 1.807) is 18.2 Å². The second kappa shape index (κ2) is 6.40. The van der Waals surface area contributed by atoms with Gasteiger partial charge in [0.2, 0.25) is 0 Å². The summed E-state index contributed by atoms with van der Waals surface area (Å²) in [7, 11) is 0. The molecule has 1 aromatic carbocycles. The van der Waals surface area contributed by atoms with Gasteiger partial charge in [0.05, 0.1) is 18.8 Å². The first-order valence-corrected chi connectivity index (χ1v) is 6.28. The molecule has 6 heteroatoms. The standard InChI is InChI=1S/C13H19N3O3/c14-11-7-10(8-12(15)9-11)13(17)19-6-3-16-1-4-18-5-2-16/h7-9H,1-6,14-15H2. The smallest absolute Gasteiger partial charge is 0.338 e. The Kier molecular flexibility index (Phi) is 4.59. The second-order valence-electron chi connectivity index (χ2n) is 4.48. The highest BCUT2D eigenvalue weighted by atomic mass is 16.5. The number of benzene rings is 1. The third-order valence-corrected chi connectivity index (χ3v) is 2.96. The minimum absolute atomic E-state index is 0.355. The number of hydrogen-bond acceptors (Lipinski definition) is 6. The SMILES string of the molecule is Nc1cc(N)cc(C(=O)OCCN2CCOCC2)c1. The van der Waals surface area contributed by atoms with E-state index in [1.807, 2.05) is 0 Å². The van der Waals surface area contributed by atoms with Gasteiger partial charge in [-0.2, -0.15) is 0 Å². The number of morpholine rings is 1. The molecule has 4 N–H and O–H groups in total. The molecule has 6 nitrogen and oxygen atoms in total. The average molecular weight is 265 g/mol. The molecule has 1 aliphatic rings. The van der Waals surface area contributed by atoms with Gasteiger partial charge >= 0.3 is 5.97 Å². The monoisotopic (exact) mass is 265 g/mol. The van der Waals surface area contributed by atoms with E-state index in [1.165, 1.54) is 0 Å². The van der Waals surface area contributed by atoms with Crippen LogP contribution in [-0.2, 0) is 9.47 Å². The lowest BCUT2D eigenvalue weighted by molar-refractivity contribution is 0.0195. The maximum atomic E-state index is 11.8. The van der Waals surface area contributed by atoms with Crippen LogP contribution in [0.4, 0.5) is 11.4 Å². The summed E-state index contributed by atoms with van der Waals surface area (Å²) in [5.74, 6) is -0.396. The van der Waals surface area contributed by atoms with E-state index < -0.39 is 5.97 Å². The van der Waals surface area contributed by atoms with Gasteiger partial charge in [-0.15, -0.1) is 0 Å². The summed E-state index contributed by atoms with van der Waals surface area (Å²) in [6.45, 7) is 4.30. The van der Waals surface area contributed by atoms with Crippen molar-refractivity contribution in [1.29, 1.82) is 0 Å². The van der Waals surface area contributed by atoms with Crippen molar-refractivity contribution < 1.29 is 14.3 Å². The van der Waals surface area contributed by atoms with Gasteiger partial charge in [-0.3, -0.25) is 4.90 Å². The lowest BCUT2D eigenvalue weighted by atomic mass is 10.2. The van der Waals surface area contributed by atoms with Gasteiger partial charge < -0.3 is 20.9 Å². The normalized spacial score (nSPS) is 16.2. The summed E-state index contributed by atoms with van der Waals surface area (Å²) in [6, 6.07) is 4.73. The van der Waals surface area contributed by atoms with Crippen molar-refractivity contribution in [3.63, 3.8) is 0 Å². The first kappa shape index (κ1) is 13.6. The van der Waals surface area contributed by atoms with Crippen molar-refractivity contribution >= 4 is 17.3 Å². The average Bonchev–Trinajstić information content (AvgIpc) is 2.38. The largest absolute Gasteiger partial charge is 0.461 e. The molecule has 19 heavy (non-hydrogen) atoms. The van der Waals surface area contributed by atoms with Crippen molar-refractivity contribution in [2.24, 2.45) is 0 Å². The van der Waals surface area contributed by atoms with Crippen LogP contribution < -0.4 is 11.5 Å². The van der Waals surface area contributed by atoms with Gasteiger partial charge in [0.15, 0.2) is 0 Å². The minimum atomic E-state index is -0.396. The third-order valence-electron chi connectivity index (χ3n) is 2.96. The van der Waals surface area contributed by atoms with E-state index in [4.69, 9.17) is 20.9 Å². The number of nitrogens with two attached hydrogens (primary N) is 2. The number of anilines is 2. The van der Waals surface area contributed by atoms with Gasteiger partial charge in [0, 0.05) is 31.0 Å².